The summed E-state index contributed by atoms with van der Waals surface area (Å²) in [5.41, 5.74) is 0. The van der Waals surface area contributed by atoms with E-state index in [2.05, 4.69) is 6.92 Å². The molecule has 56 valence electrons. The molecule has 0 aliphatic carbocycles. The smallest absolute Gasteiger partial charge is 0.0684 e. The van der Waals surface area contributed by atoms with Gasteiger partial charge in [-0.3, -0.25) is 4.84 Å². The molecule has 0 aliphatic rings. The molecule has 0 atom stereocenters. The van der Waals surface area contributed by atoms with E-state index in [0.717, 1.165) is 6.61 Å². The van der Waals surface area contributed by atoms with Crippen molar-refractivity contribution < 1.29 is 4.84 Å². The van der Waals surface area contributed by atoms with Crippen molar-refractivity contribution in [2.24, 2.45) is 0 Å². The van der Waals surface area contributed by atoms with Gasteiger partial charge in [0.1, 0.15) is 0 Å². The molecule has 0 aromatic carbocycles. The van der Waals surface area contributed by atoms with Gasteiger partial charge in [0.05, 0.1) is 6.61 Å². The van der Waals surface area contributed by atoms with E-state index in [0.29, 0.717) is 0 Å². The van der Waals surface area contributed by atoms with Gasteiger partial charge in [0.15, 0.2) is 0 Å². The van der Waals surface area contributed by atoms with Crippen LogP contribution in [0.5, 0.6) is 0 Å². The summed E-state index contributed by atoms with van der Waals surface area (Å²) < 4.78 is 0. The SMILES string of the molecule is CCCCCON(C)C. The van der Waals surface area contributed by atoms with Crippen LogP contribution in [0.1, 0.15) is 26.2 Å². The fraction of sp³-hybridized carbons (Fsp3) is 1.00. The summed E-state index contributed by atoms with van der Waals surface area (Å²) in [4.78, 5) is 5.18. The summed E-state index contributed by atoms with van der Waals surface area (Å²) >= 11 is 0. The number of nitrogens with zero attached hydrogens (tertiary/aromatic N) is 1. The fourth-order valence-electron chi connectivity index (χ4n) is 0.599. The van der Waals surface area contributed by atoms with Gasteiger partial charge >= 0.3 is 0 Å². The third kappa shape index (κ3) is 7.92. The summed E-state index contributed by atoms with van der Waals surface area (Å²) in [6.07, 6.45) is 3.71. The number of hydrogen-bond donors (Lipinski definition) is 0. The van der Waals surface area contributed by atoms with Gasteiger partial charge in [0.2, 0.25) is 0 Å². The molecule has 0 fully saturated rings. The Bertz CT molecular complexity index is 54.9. The Balaban J connectivity index is 2.75. The molecule has 0 N–H and O–H groups in total. The van der Waals surface area contributed by atoms with Crippen molar-refractivity contribution in [3.63, 3.8) is 0 Å². The Morgan fingerprint density at radius 3 is 2.33 bits per heavy atom. The first-order valence-corrected chi connectivity index (χ1v) is 3.57. The van der Waals surface area contributed by atoms with Crippen molar-refractivity contribution in [3.8, 4) is 0 Å². The average molecular weight is 131 g/mol. The van der Waals surface area contributed by atoms with Gasteiger partial charge in [-0.25, -0.2) is 0 Å². The quantitative estimate of drug-likeness (QED) is 0.415. The molecule has 0 aliphatic heterocycles. The van der Waals surface area contributed by atoms with Crippen LogP contribution in [0, 0.1) is 0 Å². The van der Waals surface area contributed by atoms with Crippen molar-refractivity contribution in [2.45, 2.75) is 26.2 Å². The van der Waals surface area contributed by atoms with E-state index in [1.165, 1.54) is 19.3 Å². The first-order chi connectivity index (χ1) is 4.27. The maximum atomic E-state index is 5.18. The second-order valence-electron chi connectivity index (χ2n) is 2.35. The fourth-order valence-corrected chi connectivity index (χ4v) is 0.599. The molecule has 0 saturated carbocycles. The van der Waals surface area contributed by atoms with E-state index in [1.807, 2.05) is 14.1 Å². The third-order valence-corrected chi connectivity index (χ3v) is 1.10. The normalized spacial score (nSPS) is 10.7. The van der Waals surface area contributed by atoms with Crippen molar-refractivity contribution in [3.05, 3.63) is 0 Å². The number of hydroxylamine groups is 2. The van der Waals surface area contributed by atoms with E-state index in [1.54, 1.807) is 5.06 Å². The van der Waals surface area contributed by atoms with Gasteiger partial charge in [-0.2, -0.15) is 5.06 Å². The molecule has 0 radical (unpaired) electrons. The molecule has 0 aromatic rings. The molecule has 0 bridgehead atoms. The van der Waals surface area contributed by atoms with Crippen LogP contribution in [-0.4, -0.2) is 25.8 Å². The molecule has 2 nitrogen and oxygen atoms in total. The second kappa shape index (κ2) is 6.05. The molecule has 0 heterocycles. The summed E-state index contributed by atoms with van der Waals surface area (Å²) in [6, 6.07) is 0. The molecule has 9 heavy (non-hydrogen) atoms. The van der Waals surface area contributed by atoms with Crippen LogP contribution < -0.4 is 0 Å². The monoisotopic (exact) mass is 131 g/mol. The minimum Gasteiger partial charge on any atom is -0.300 e. The molecule has 0 rings (SSSR count). The Labute approximate surface area is 57.8 Å². The number of rotatable bonds is 5. The first-order valence-electron chi connectivity index (χ1n) is 3.57. The summed E-state index contributed by atoms with van der Waals surface area (Å²) in [7, 11) is 3.82. The number of hydrogen-bond acceptors (Lipinski definition) is 2. The lowest BCUT2D eigenvalue weighted by Gasteiger charge is -2.08. The second-order valence-corrected chi connectivity index (χ2v) is 2.35. The van der Waals surface area contributed by atoms with Gasteiger partial charge in [-0.05, 0) is 6.42 Å². The van der Waals surface area contributed by atoms with E-state index in [9.17, 15) is 0 Å². The Morgan fingerprint density at radius 1 is 1.22 bits per heavy atom. The lowest BCUT2D eigenvalue weighted by Crippen LogP contribution is -2.12. The van der Waals surface area contributed by atoms with Crippen LogP contribution >= 0.6 is 0 Å². The molecule has 0 saturated heterocycles. The molecular formula is C7H17NO. The topological polar surface area (TPSA) is 12.5 Å². The molecular weight excluding hydrogens is 114 g/mol. The van der Waals surface area contributed by atoms with Crippen molar-refractivity contribution in [1.29, 1.82) is 0 Å². The predicted molar refractivity (Wildman–Crippen MR) is 39.2 cm³/mol. The molecule has 0 unspecified atom stereocenters. The van der Waals surface area contributed by atoms with Crippen molar-refractivity contribution >= 4 is 0 Å². The Hall–Kier alpha value is -0.0800. The molecule has 0 spiro atoms. The first kappa shape index (κ1) is 8.92. The van der Waals surface area contributed by atoms with Crippen LogP contribution in [0.25, 0.3) is 0 Å². The van der Waals surface area contributed by atoms with Crippen LogP contribution in [0.15, 0.2) is 0 Å². The zero-order chi connectivity index (χ0) is 7.11. The van der Waals surface area contributed by atoms with Crippen LogP contribution in [-0.2, 0) is 4.84 Å². The minimum atomic E-state index is 0.862. The van der Waals surface area contributed by atoms with Crippen LogP contribution in [0.4, 0.5) is 0 Å². The highest BCUT2D eigenvalue weighted by atomic mass is 16.7. The van der Waals surface area contributed by atoms with Gasteiger partial charge in [-0.1, -0.05) is 19.8 Å². The van der Waals surface area contributed by atoms with Crippen molar-refractivity contribution in [2.75, 3.05) is 20.7 Å². The third-order valence-electron chi connectivity index (χ3n) is 1.10. The maximum Gasteiger partial charge on any atom is 0.0684 e. The van der Waals surface area contributed by atoms with Crippen molar-refractivity contribution in [1.82, 2.24) is 5.06 Å². The Kier molecular flexibility index (Phi) is 5.99. The largest absolute Gasteiger partial charge is 0.300 e. The van der Waals surface area contributed by atoms with Crippen LogP contribution in [0.3, 0.4) is 0 Å². The molecule has 0 amide bonds. The highest BCUT2D eigenvalue weighted by Crippen LogP contribution is 1.93. The highest BCUT2D eigenvalue weighted by Gasteiger charge is 1.87. The van der Waals surface area contributed by atoms with E-state index < -0.39 is 0 Å². The zero-order valence-corrected chi connectivity index (χ0v) is 6.68. The van der Waals surface area contributed by atoms with E-state index in [4.69, 9.17) is 4.84 Å². The van der Waals surface area contributed by atoms with Gasteiger partial charge in [-0.15, -0.1) is 0 Å². The summed E-state index contributed by atoms with van der Waals surface area (Å²) in [5, 5.41) is 1.75. The lowest BCUT2D eigenvalue weighted by atomic mass is 10.3. The Morgan fingerprint density at radius 2 is 1.89 bits per heavy atom. The predicted octanol–water partition coefficient (Wildman–Crippen LogP) is 1.67. The van der Waals surface area contributed by atoms with Gasteiger partial charge in [0, 0.05) is 14.1 Å². The van der Waals surface area contributed by atoms with E-state index in [-0.39, 0.29) is 0 Å². The standard InChI is InChI=1S/C7H17NO/c1-4-5-6-7-9-8(2)3/h4-7H2,1-3H3. The lowest BCUT2D eigenvalue weighted by molar-refractivity contribution is -0.120. The number of unbranched alkanes of at least 4 members (excludes halogenated alkanes) is 2. The summed E-state index contributed by atoms with van der Waals surface area (Å²) in [5.74, 6) is 0. The van der Waals surface area contributed by atoms with Gasteiger partial charge < -0.3 is 0 Å². The zero-order valence-electron chi connectivity index (χ0n) is 6.68. The maximum absolute atomic E-state index is 5.18. The summed E-state index contributed by atoms with van der Waals surface area (Å²) in [6.45, 7) is 3.05. The van der Waals surface area contributed by atoms with E-state index >= 15 is 0 Å². The average Bonchev–Trinajstić information content (AvgIpc) is 1.80. The molecule has 2 heteroatoms. The molecule has 0 aromatic heterocycles. The van der Waals surface area contributed by atoms with Crippen LogP contribution in [0.2, 0.25) is 0 Å². The highest BCUT2D eigenvalue weighted by molar-refractivity contribution is 4.33. The minimum absolute atomic E-state index is 0.862. The van der Waals surface area contributed by atoms with Gasteiger partial charge in [0.25, 0.3) is 0 Å².